The third kappa shape index (κ3) is 5.39. The molecule has 3 rings (SSSR count). The number of amides is 1. The Morgan fingerprint density at radius 3 is 2.46 bits per heavy atom. The van der Waals surface area contributed by atoms with E-state index in [0.717, 1.165) is 11.3 Å². The minimum Gasteiger partial charge on any atom is -0.497 e. The Balaban J connectivity index is 1.45. The molecule has 1 aliphatic heterocycles. The largest absolute Gasteiger partial charge is 0.497 e. The summed E-state index contributed by atoms with van der Waals surface area (Å²) in [4.78, 5) is 24.0. The van der Waals surface area contributed by atoms with E-state index in [-0.39, 0.29) is 13.0 Å². The number of nitrogens with one attached hydrogen (secondary N) is 1. The Morgan fingerprint density at radius 2 is 1.79 bits per heavy atom. The number of aryl methyl sites for hydroxylation is 1. The molecule has 0 radical (unpaired) electrons. The number of anilines is 1. The number of fused-ring (bicyclic) bond motifs is 1. The molecular weight excluding hydrogens is 430 g/mol. The van der Waals surface area contributed by atoms with Crippen molar-refractivity contribution in [1.29, 1.82) is 0 Å². The first-order valence-corrected chi connectivity index (χ1v) is 9.52. The van der Waals surface area contributed by atoms with Gasteiger partial charge in [0.25, 0.3) is 5.91 Å². The number of methoxy groups -OCH3 is 1. The van der Waals surface area contributed by atoms with Gasteiger partial charge in [-0.25, -0.2) is 0 Å². The summed E-state index contributed by atoms with van der Waals surface area (Å²) in [6, 6.07) is 10.8. The Kier molecular flexibility index (Phi) is 6.76. The molecule has 2 aromatic rings. The van der Waals surface area contributed by atoms with Crippen molar-refractivity contribution in [3.63, 3.8) is 0 Å². The van der Waals surface area contributed by atoms with Crippen LogP contribution in [0.15, 0.2) is 40.9 Å². The number of benzene rings is 2. The highest BCUT2D eigenvalue weighted by Crippen LogP contribution is 2.38. The van der Waals surface area contributed by atoms with Crippen LogP contribution in [0.25, 0.3) is 0 Å². The zero-order valence-corrected chi connectivity index (χ0v) is 16.9. The predicted octanol–water partition coefficient (Wildman–Crippen LogP) is 3.34. The maximum Gasteiger partial charge on any atom is 0.306 e. The van der Waals surface area contributed by atoms with Crippen molar-refractivity contribution in [2.75, 3.05) is 32.2 Å². The molecule has 28 heavy (non-hydrogen) atoms. The van der Waals surface area contributed by atoms with E-state index in [2.05, 4.69) is 21.2 Å². The fourth-order valence-electron chi connectivity index (χ4n) is 2.60. The smallest absolute Gasteiger partial charge is 0.306 e. The van der Waals surface area contributed by atoms with Gasteiger partial charge in [-0.3, -0.25) is 9.59 Å². The summed E-state index contributed by atoms with van der Waals surface area (Å²) >= 11 is 3.38. The molecule has 1 N–H and O–H groups in total. The second-order valence-electron chi connectivity index (χ2n) is 6.03. The molecule has 1 heterocycles. The molecule has 0 saturated heterocycles. The van der Waals surface area contributed by atoms with Crippen molar-refractivity contribution in [1.82, 2.24) is 0 Å². The maximum absolute atomic E-state index is 12.1. The number of halogens is 1. The van der Waals surface area contributed by atoms with E-state index in [4.69, 9.17) is 18.9 Å². The molecule has 0 spiro atoms. The van der Waals surface area contributed by atoms with Gasteiger partial charge in [-0.2, -0.15) is 0 Å². The van der Waals surface area contributed by atoms with Crippen LogP contribution in [-0.4, -0.2) is 38.8 Å². The lowest BCUT2D eigenvalue weighted by molar-refractivity contribution is -0.147. The van der Waals surface area contributed by atoms with Crippen LogP contribution in [0.5, 0.6) is 17.2 Å². The lowest BCUT2D eigenvalue weighted by atomic mass is 10.1. The van der Waals surface area contributed by atoms with Gasteiger partial charge in [0.05, 0.1) is 12.8 Å². The number of rotatable bonds is 7. The number of ether oxygens (including phenoxy) is 4. The first-order valence-electron chi connectivity index (χ1n) is 8.72. The highest BCUT2D eigenvalue weighted by atomic mass is 79.9. The summed E-state index contributed by atoms with van der Waals surface area (Å²) in [5.74, 6) is 1.05. The van der Waals surface area contributed by atoms with Crippen molar-refractivity contribution in [2.24, 2.45) is 0 Å². The average Bonchev–Trinajstić information content (AvgIpc) is 2.71. The first kappa shape index (κ1) is 20.0. The Labute approximate surface area is 171 Å². The molecule has 0 fully saturated rings. The van der Waals surface area contributed by atoms with E-state index in [9.17, 15) is 9.59 Å². The number of hydrogen-bond acceptors (Lipinski definition) is 6. The van der Waals surface area contributed by atoms with E-state index in [1.165, 1.54) is 0 Å². The molecule has 7 nitrogen and oxygen atoms in total. The van der Waals surface area contributed by atoms with Crippen LogP contribution in [-0.2, 0) is 20.7 Å². The first-order chi connectivity index (χ1) is 13.5. The van der Waals surface area contributed by atoms with Gasteiger partial charge < -0.3 is 24.3 Å². The third-order valence-electron chi connectivity index (χ3n) is 4.05. The molecule has 0 saturated carbocycles. The van der Waals surface area contributed by atoms with Crippen LogP contribution < -0.4 is 19.5 Å². The van der Waals surface area contributed by atoms with E-state index < -0.39 is 11.9 Å². The summed E-state index contributed by atoms with van der Waals surface area (Å²) in [6.07, 6.45) is 0.714. The van der Waals surface area contributed by atoms with Gasteiger partial charge >= 0.3 is 5.97 Å². The van der Waals surface area contributed by atoms with Crippen molar-refractivity contribution in [2.45, 2.75) is 12.8 Å². The van der Waals surface area contributed by atoms with Crippen molar-refractivity contribution < 1.29 is 28.5 Å². The molecule has 0 bridgehead atoms. The standard InChI is InChI=1S/C20H20BrNO6/c1-25-14-5-2-13(3-6-14)4-7-20(24)28-12-19(23)22-16-11-18-17(10-15(16)21)26-8-9-27-18/h2-3,5-6,10-11H,4,7-9,12H2,1H3,(H,22,23). The second kappa shape index (κ2) is 9.45. The fourth-order valence-corrected chi connectivity index (χ4v) is 3.02. The van der Waals surface area contributed by atoms with Crippen LogP contribution in [0.4, 0.5) is 5.69 Å². The average molecular weight is 450 g/mol. The highest BCUT2D eigenvalue weighted by Gasteiger charge is 2.16. The fraction of sp³-hybridized carbons (Fsp3) is 0.300. The quantitative estimate of drug-likeness (QED) is 0.652. The van der Waals surface area contributed by atoms with Crippen LogP contribution >= 0.6 is 15.9 Å². The van der Waals surface area contributed by atoms with Crippen molar-refractivity contribution in [3.8, 4) is 17.2 Å². The van der Waals surface area contributed by atoms with Crippen LogP contribution in [0.2, 0.25) is 0 Å². The van der Waals surface area contributed by atoms with Gasteiger partial charge in [0.2, 0.25) is 0 Å². The molecule has 0 aromatic heterocycles. The molecule has 8 heteroatoms. The van der Waals surface area contributed by atoms with E-state index >= 15 is 0 Å². The van der Waals surface area contributed by atoms with Gasteiger partial charge in [0.1, 0.15) is 19.0 Å². The number of hydrogen-bond donors (Lipinski definition) is 1. The molecule has 1 aliphatic rings. The minimum atomic E-state index is -0.438. The summed E-state index contributed by atoms with van der Waals surface area (Å²) in [5, 5.41) is 2.69. The van der Waals surface area contributed by atoms with E-state index in [0.29, 0.717) is 41.3 Å². The van der Waals surface area contributed by atoms with Gasteiger partial charge in [0.15, 0.2) is 18.1 Å². The second-order valence-corrected chi connectivity index (χ2v) is 6.89. The number of esters is 1. The van der Waals surface area contributed by atoms with Crippen LogP contribution in [0, 0.1) is 0 Å². The van der Waals surface area contributed by atoms with E-state index in [1.807, 2.05) is 24.3 Å². The van der Waals surface area contributed by atoms with Gasteiger partial charge in [-0.15, -0.1) is 0 Å². The Bertz CT molecular complexity index is 853. The lowest BCUT2D eigenvalue weighted by Crippen LogP contribution is -2.21. The lowest BCUT2D eigenvalue weighted by Gasteiger charge is -2.20. The molecule has 148 valence electrons. The topological polar surface area (TPSA) is 83.1 Å². The van der Waals surface area contributed by atoms with Crippen LogP contribution in [0.3, 0.4) is 0 Å². The zero-order valence-electron chi connectivity index (χ0n) is 15.3. The zero-order chi connectivity index (χ0) is 19.9. The molecule has 1 amide bonds. The van der Waals surface area contributed by atoms with E-state index in [1.54, 1.807) is 19.2 Å². The van der Waals surface area contributed by atoms with Gasteiger partial charge in [-0.05, 0) is 40.0 Å². The maximum atomic E-state index is 12.1. The van der Waals surface area contributed by atoms with Gasteiger partial charge in [-0.1, -0.05) is 12.1 Å². The minimum absolute atomic E-state index is 0.188. The molecule has 0 aliphatic carbocycles. The van der Waals surface area contributed by atoms with Crippen molar-refractivity contribution >= 4 is 33.5 Å². The summed E-state index contributed by atoms with van der Waals surface area (Å²) in [5.41, 5.74) is 1.51. The molecule has 0 unspecified atom stereocenters. The molecular formula is C20H20BrNO6. The van der Waals surface area contributed by atoms with Gasteiger partial charge in [0, 0.05) is 23.0 Å². The molecule has 0 atom stereocenters. The SMILES string of the molecule is COc1ccc(CCC(=O)OCC(=O)Nc2cc3c(cc2Br)OCCO3)cc1. The normalized spacial score (nSPS) is 12.2. The third-order valence-corrected chi connectivity index (χ3v) is 4.70. The summed E-state index contributed by atoms with van der Waals surface area (Å²) in [7, 11) is 1.60. The Morgan fingerprint density at radius 1 is 1.11 bits per heavy atom. The summed E-state index contributed by atoms with van der Waals surface area (Å²) < 4.78 is 21.8. The number of carbonyl (C=O) groups excluding carboxylic acids is 2. The molecule has 2 aromatic carbocycles. The number of carbonyl (C=O) groups is 2. The summed E-state index contributed by atoms with van der Waals surface area (Å²) in [6.45, 7) is 0.577. The monoisotopic (exact) mass is 449 g/mol. The highest BCUT2D eigenvalue weighted by molar-refractivity contribution is 9.10. The van der Waals surface area contributed by atoms with Crippen LogP contribution in [0.1, 0.15) is 12.0 Å². The Hall–Kier alpha value is -2.74. The predicted molar refractivity (Wildman–Crippen MR) is 106 cm³/mol. The van der Waals surface area contributed by atoms with Crippen molar-refractivity contribution in [3.05, 3.63) is 46.4 Å².